The van der Waals surface area contributed by atoms with Crippen molar-refractivity contribution in [3.05, 3.63) is 35.5 Å². The second-order valence-electron chi connectivity index (χ2n) is 8.15. The summed E-state index contributed by atoms with van der Waals surface area (Å²) in [6.07, 6.45) is 6.69. The van der Waals surface area contributed by atoms with Gasteiger partial charge >= 0.3 is 12.0 Å². The van der Waals surface area contributed by atoms with E-state index in [1.54, 1.807) is 12.3 Å². The minimum absolute atomic E-state index is 0.0917. The average molecular weight is 512 g/mol. The number of anilines is 1. The van der Waals surface area contributed by atoms with Gasteiger partial charge in [0, 0.05) is 18.3 Å². The van der Waals surface area contributed by atoms with E-state index in [1.807, 2.05) is 23.1 Å². The maximum atomic E-state index is 13.2. The molecule has 1 aromatic carbocycles. The second-order valence-corrected chi connectivity index (χ2v) is 11.0. The van der Waals surface area contributed by atoms with Crippen LogP contribution in [0, 0.1) is 5.92 Å². The number of benzene rings is 1. The molecule has 1 saturated carbocycles. The number of amides is 2. The maximum Gasteiger partial charge on any atom is 0.323 e. The highest BCUT2D eigenvalue weighted by atomic mass is 35.5. The summed E-state index contributed by atoms with van der Waals surface area (Å²) in [4.78, 5) is 30.1. The number of urea groups is 1. The predicted molar refractivity (Wildman–Crippen MR) is 134 cm³/mol. The van der Waals surface area contributed by atoms with Crippen LogP contribution >= 0.6 is 34.7 Å². The molecule has 0 radical (unpaired) electrons. The number of halogens is 1. The monoisotopic (exact) mass is 511 g/mol. The molecule has 7 nitrogen and oxygen atoms in total. The van der Waals surface area contributed by atoms with Gasteiger partial charge in [0.15, 0.2) is 5.13 Å². The smallest absolute Gasteiger partial charge is 0.323 e. The summed E-state index contributed by atoms with van der Waals surface area (Å²) in [6.45, 7) is 3.32. The standard InChI is InChI=1S/C23H30ClN3O4S2/c1-16-7-9-17(10-8-16)27(12-4-13-31-19-6-3-2-5-18(19)24)23(30)26-22-25-15-21(33-22)32-14-11-20(28)29/h2-3,5-6,15-17H,4,7-14H2,1H3,(H,28,29)(H,25,26,30)/t16-,17-. The third-order valence-electron chi connectivity index (χ3n) is 5.58. The van der Waals surface area contributed by atoms with Crippen molar-refractivity contribution in [3.63, 3.8) is 0 Å². The summed E-state index contributed by atoms with van der Waals surface area (Å²) in [6, 6.07) is 7.42. The molecule has 1 aliphatic rings. The topological polar surface area (TPSA) is 91.8 Å². The Morgan fingerprint density at radius 2 is 2.06 bits per heavy atom. The van der Waals surface area contributed by atoms with Crippen molar-refractivity contribution >= 4 is 51.8 Å². The Morgan fingerprint density at radius 3 is 2.79 bits per heavy atom. The Bertz CT molecular complexity index is 919. The van der Waals surface area contributed by atoms with E-state index in [9.17, 15) is 9.59 Å². The minimum Gasteiger partial charge on any atom is -0.492 e. The molecule has 180 valence electrons. The fourth-order valence-corrected chi connectivity index (χ4v) is 5.83. The van der Waals surface area contributed by atoms with Crippen LogP contribution in [0.3, 0.4) is 0 Å². The van der Waals surface area contributed by atoms with Gasteiger partial charge in [0.25, 0.3) is 0 Å². The first-order chi connectivity index (χ1) is 15.9. The van der Waals surface area contributed by atoms with Crippen LogP contribution in [0.5, 0.6) is 5.75 Å². The van der Waals surface area contributed by atoms with Gasteiger partial charge in [-0.1, -0.05) is 42.0 Å². The van der Waals surface area contributed by atoms with Crippen molar-refractivity contribution in [1.29, 1.82) is 0 Å². The number of para-hydroxylation sites is 1. The summed E-state index contributed by atoms with van der Waals surface area (Å²) in [5.41, 5.74) is 0. The van der Waals surface area contributed by atoms with Crippen molar-refractivity contribution in [2.45, 2.75) is 55.7 Å². The Morgan fingerprint density at radius 1 is 1.30 bits per heavy atom. The molecule has 2 N–H and O–H groups in total. The van der Waals surface area contributed by atoms with Gasteiger partial charge in [0.05, 0.1) is 28.5 Å². The molecule has 0 atom stereocenters. The Balaban J connectivity index is 1.55. The van der Waals surface area contributed by atoms with Crippen LogP contribution < -0.4 is 10.1 Å². The van der Waals surface area contributed by atoms with Crippen LogP contribution in [0.2, 0.25) is 5.02 Å². The lowest BCUT2D eigenvalue weighted by molar-refractivity contribution is -0.136. The summed E-state index contributed by atoms with van der Waals surface area (Å²) in [5.74, 6) is 0.996. The van der Waals surface area contributed by atoms with Crippen LogP contribution in [-0.4, -0.2) is 51.9 Å². The molecule has 1 fully saturated rings. The van der Waals surface area contributed by atoms with Crippen LogP contribution in [-0.2, 0) is 4.79 Å². The number of nitrogens with zero attached hydrogens (tertiary/aromatic N) is 2. The molecule has 3 rings (SSSR count). The van der Waals surface area contributed by atoms with E-state index < -0.39 is 5.97 Å². The number of carboxylic acids is 1. The molecule has 1 aliphatic carbocycles. The van der Waals surface area contributed by atoms with Gasteiger partial charge < -0.3 is 14.7 Å². The molecule has 0 saturated heterocycles. The first-order valence-corrected chi connectivity index (χ1v) is 13.4. The van der Waals surface area contributed by atoms with Crippen molar-refractivity contribution in [2.24, 2.45) is 5.92 Å². The number of nitrogens with one attached hydrogen (secondary N) is 1. The number of aliphatic carboxylic acids is 1. The van der Waals surface area contributed by atoms with E-state index in [0.29, 0.717) is 47.1 Å². The first kappa shape index (κ1) is 25.6. The van der Waals surface area contributed by atoms with Gasteiger partial charge in [-0.15, -0.1) is 11.8 Å². The number of carboxylic acid groups (broad SMARTS) is 1. The number of thioether (sulfide) groups is 1. The highest BCUT2D eigenvalue weighted by Gasteiger charge is 2.28. The molecule has 0 spiro atoms. The van der Waals surface area contributed by atoms with Crippen molar-refractivity contribution in [1.82, 2.24) is 9.88 Å². The molecule has 1 aromatic heterocycles. The zero-order valence-corrected chi connectivity index (χ0v) is 21.1. The van der Waals surface area contributed by atoms with Crippen molar-refractivity contribution in [2.75, 3.05) is 24.2 Å². The van der Waals surface area contributed by atoms with Crippen LogP contribution in [0.4, 0.5) is 9.93 Å². The zero-order chi connectivity index (χ0) is 23.6. The molecule has 10 heteroatoms. The zero-order valence-electron chi connectivity index (χ0n) is 18.7. The van der Waals surface area contributed by atoms with Crippen LogP contribution in [0.15, 0.2) is 34.7 Å². The lowest BCUT2D eigenvalue weighted by atomic mass is 9.86. The van der Waals surface area contributed by atoms with E-state index >= 15 is 0 Å². The lowest BCUT2D eigenvalue weighted by Gasteiger charge is -2.36. The van der Waals surface area contributed by atoms with Crippen molar-refractivity contribution < 1.29 is 19.4 Å². The number of hydrogen-bond donors (Lipinski definition) is 2. The number of aromatic nitrogens is 1. The van der Waals surface area contributed by atoms with Crippen LogP contribution in [0.25, 0.3) is 0 Å². The van der Waals surface area contributed by atoms with E-state index in [-0.39, 0.29) is 18.5 Å². The largest absolute Gasteiger partial charge is 0.492 e. The Kier molecular flexibility index (Phi) is 10.1. The SMILES string of the molecule is C[C@H]1CC[C@H](N(CCCOc2ccccc2Cl)C(=O)Nc2ncc(SCCC(=O)O)s2)CC1. The van der Waals surface area contributed by atoms with Gasteiger partial charge in [0.1, 0.15) is 5.75 Å². The van der Waals surface area contributed by atoms with Gasteiger partial charge in [-0.25, -0.2) is 9.78 Å². The lowest BCUT2D eigenvalue weighted by Crippen LogP contribution is -2.45. The molecule has 2 amide bonds. The number of hydrogen-bond acceptors (Lipinski definition) is 6. The van der Waals surface area contributed by atoms with Crippen LogP contribution in [0.1, 0.15) is 45.4 Å². The Hall–Kier alpha value is -1.97. The highest BCUT2D eigenvalue weighted by Crippen LogP contribution is 2.31. The molecule has 0 aliphatic heterocycles. The van der Waals surface area contributed by atoms with Gasteiger partial charge in [-0.2, -0.15) is 0 Å². The van der Waals surface area contributed by atoms with E-state index in [2.05, 4.69) is 17.2 Å². The molecule has 2 aromatic rings. The molecule has 0 bridgehead atoms. The maximum absolute atomic E-state index is 13.2. The van der Waals surface area contributed by atoms with Gasteiger partial charge in [-0.05, 0) is 50.2 Å². The van der Waals surface area contributed by atoms with Crippen molar-refractivity contribution in [3.8, 4) is 5.75 Å². The highest BCUT2D eigenvalue weighted by molar-refractivity contribution is 8.01. The molecule has 33 heavy (non-hydrogen) atoms. The summed E-state index contributed by atoms with van der Waals surface area (Å²) in [5, 5.41) is 12.8. The normalized spacial score (nSPS) is 18.0. The predicted octanol–water partition coefficient (Wildman–Crippen LogP) is 6.25. The molecule has 0 unspecified atom stereocenters. The summed E-state index contributed by atoms with van der Waals surface area (Å²) >= 11 is 8.95. The number of ether oxygens (including phenoxy) is 1. The van der Waals surface area contributed by atoms with E-state index in [0.717, 1.165) is 29.9 Å². The number of thiazole rings is 1. The Labute approximate surface area is 207 Å². The van der Waals surface area contributed by atoms with E-state index in [4.69, 9.17) is 21.4 Å². The van der Waals surface area contributed by atoms with Gasteiger partial charge in [-0.3, -0.25) is 10.1 Å². The molecule has 1 heterocycles. The van der Waals surface area contributed by atoms with Gasteiger partial charge in [0.2, 0.25) is 0 Å². The third-order valence-corrected chi connectivity index (χ3v) is 8.00. The quantitative estimate of drug-likeness (QED) is 0.274. The minimum atomic E-state index is -0.823. The fraction of sp³-hybridized carbons (Fsp3) is 0.522. The molecular weight excluding hydrogens is 482 g/mol. The number of carbonyl (C=O) groups excluding carboxylic acids is 1. The van der Waals surface area contributed by atoms with E-state index in [1.165, 1.54) is 23.1 Å². The first-order valence-electron chi connectivity index (χ1n) is 11.2. The number of rotatable bonds is 11. The second kappa shape index (κ2) is 13.1. The fourth-order valence-electron chi connectivity index (χ4n) is 3.77. The number of carbonyl (C=O) groups is 2. The average Bonchev–Trinajstić information content (AvgIpc) is 3.22. The summed E-state index contributed by atoms with van der Waals surface area (Å²) < 4.78 is 6.69. The third kappa shape index (κ3) is 8.39. The molecular formula is C23H30ClN3O4S2. The summed E-state index contributed by atoms with van der Waals surface area (Å²) in [7, 11) is 0.